The molecule has 0 atom stereocenters. The maximum atomic E-state index is 14.1. The summed E-state index contributed by atoms with van der Waals surface area (Å²) in [5, 5.41) is 4.14. The van der Waals surface area contributed by atoms with Gasteiger partial charge in [0.05, 0.1) is 23.8 Å². The molecule has 0 N–H and O–H groups in total. The van der Waals surface area contributed by atoms with Crippen LogP contribution in [0.3, 0.4) is 0 Å². The van der Waals surface area contributed by atoms with Crippen molar-refractivity contribution in [1.82, 2.24) is 5.16 Å². The number of nitrogens with zero attached hydrogens (tertiary/aromatic N) is 1. The van der Waals surface area contributed by atoms with E-state index < -0.39 is 14.1 Å². The Balaban J connectivity index is 2.27. The molecule has 0 aliphatic rings. The molecule has 0 aliphatic carbocycles. The highest BCUT2D eigenvalue weighted by Crippen LogP contribution is 2.39. The summed E-state index contributed by atoms with van der Waals surface area (Å²) < 4.78 is 31.4. The van der Waals surface area contributed by atoms with Crippen LogP contribution in [0.4, 0.5) is 4.39 Å². The monoisotopic (exact) mass is 415 g/mol. The molecule has 7 heteroatoms. The lowest BCUT2D eigenvalue weighted by Gasteiger charge is -2.35. The molecular weight excluding hydrogens is 393 g/mol. The van der Waals surface area contributed by atoms with E-state index in [9.17, 15) is 4.39 Å². The van der Waals surface area contributed by atoms with Gasteiger partial charge in [-0.1, -0.05) is 25.9 Å². The molecule has 0 saturated heterocycles. The van der Waals surface area contributed by atoms with Gasteiger partial charge in [-0.3, -0.25) is 0 Å². The Bertz CT molecular complexity index is 725. The van der Waals surface area contributed by atoms with Crippen molar-refractivity contribution in [3.05, 3.63) is 34.2 Å². The van der Waals surface area contributed by atoms with Gasteiger partial charge < -0.3 is 13.7 Å². The van der Waals surface area contributed by atoms with Gasteiger partial charge in [-0.25, -0.2) is 4.39 Å². The quantitative estimate of drug-likeness (QED) is 0.580. The number of aromatic nitrogens is 1. The lowest BCUT2D eigenvalue weighted by Crippen LogP contribution is -2.40. The lowest BCUT2D eigenvalue weighted by atomic mass is 10.1. The summed E-state index contributed by atoms with van der Waals surface area (Å²) in [6, 6.07) is 4.48. The van der Waals surface area contributed by atoms with Crippen molar-refractivity contribution in [2.24, 2.45) is 0 Å². The van der Waals surface area contributed by atoms with Crippen LogP contribution in [0.1, 0.15) is 26.5 Å². The number of halogens is 2. The van der Waals surface area contributed by atoms with E-state index in [0.29, 0.717) is 33.8 Å². The molecule has 0 radical (unpaired) electrons. The summed E-state index contributed by atoms with van der Waals surface area (Å²) in [6.07, 6.45) is 0. The van der Waals surface area contributed by atoms with Crippen molar-refractivity contribution < 1.29 is 18.1 Å². The molecule has 24 heavy (non-hydrogen) atoms. The van der Waals surface area contributed by atoms with E-state index in [4.69, 9.17) is 13.7 Å². The standard InChI is InChI=1S/C17H23BrFNO3Si/c1-17(2,3)24(5,6)22-10-14-15(18)16(23-20-14)12-9-11(21-4)7-8-13(12)19/h7-9H,10H2,1-6H3. The fourth-order valence-corrected chi connectivity index (χ4v) is 3.24. The second kappa shape index (κ2) is 6.97. The molecule has 1 aromatic heterocycles. The van der Waals surface area contributed by atoms with E-state index in [-0.39, 0.29) is 5.04 Å². The average Bonchev–Trinajstić information content (AvgIpc) is 2.85. The van der Waals surface area contributed by atoms with E-state index in [1.165, 1.54) is 13.2 Å². The second-order valence-corrected chi connectivity index (χ2v) is 12.8. The Labute approximate surface area is 151 Å². The van der Waals surface area contributed by atoms with E-state index in [1.807, 2.05) is 0 Å². The predicted molar refractivity (Wildman–Crippen MR) is 98.1 cm³/mol. The van der Waals surface area contributed by atoms with Gasteiger partial charge in [-0.05, 0) is 52.3 Å². The van der Waals surface area contributed by atoms with Crippen LogP contribution in [-0.4, -0.2) is 20.6 Å². The maximum Gasteiger partial charge on any atom is 0.192 e. The molecule has 132 valence electrons. The largest absolute Gasteiger partial charge is 0.497 e. The highest BCUT2D eigenvalue weighted by atomic mass is 79.9. The van der Waals surface area contributed by atoms with Gasteiger partial charge in [0.2, 0.25) is 0 Å². The van der Waals surface area contributed by atoms with Gasteiger partial charge >= 0.3 is 0 Å². The number of ether oxygens (including phenoxy) is 1. The lowest BCUT2D eigenvalue weighted by molar-refractivity contribution is 0.263. The summed E-state index contributed by atoms with van der Waals surface area (Å²) in [7, 11) is -0.370. The van der Waals surface area contributed by atoms with Crippen molar-refractivity contribution in [1.29, 1.82) is 0 Å². The first-order valence-electron chi connectivity index (χ1n) is 7.69. The molecule has 0 amide bonds. The summed E-state index contributed by atoms with van der Waals surface area (Å²) in [5.41, 5.74) is 0.921. The van der Waals surface area contributed by atoms with Gasteiger partial charge in [-0.2, -0.15) is 0 Å². The van der Waals surface area contributed by atoms with Crippen molar-refractivity contribution >= 4 is 24.2 Å². The second-order valence-electron chi connectivity index (χ2n) is 7.17. The van der Waals surface area contributed by atoms with E-state index >= 15 is 0 Å². The Morgan fingerprint density at radius 3 is 2.54 bits per heavy atom. The SMILES string of the molecule is COc1ccc(F)c(-c2onc(CO[Si](C)(C)C(C)(C)C)c2Br)c1. The molecule has 0 bridgehead atoms. The molecule has 0 unspecified atom stereocenters. The summed E-state index contributed by atoms with van der Waals surface area (Å²) >= 11 is 3.46. The third-order valence-corrected chi connectivity index (χ3v) is 9.79. The zero-order chi connectivity index (χ0) is 18.1. The normalized spacial score (nSPS) is 12.5. The summed E-state index contributed by atoms with van der Waals surface area (Å²) in [5.74, 6) is 0.485. The van der Waals surface area contributed by atoms with Crippen LogP contribution < -0.4 is 4.74 Å². The van der Waals surface area contributed by atoms with Crippen LogP contribution in [0.25, 0.3) is 11.3 Å². The molecule has 2 aromatic rings. The van der Waals surface area contributed by atoms with Crippen LogP contribution in [-0.2, 0) is 11.0 Å². The van der Waals surface area contributed by atoms with Crippen molar-refractivity contribution in [3.63, 3.8) is 0 Å². The van der Waals surface area contributed by atoms with Gasteiger partial charge in [0.25, 0.3) is 0 Å². The van der Waals surface area contributed by atoms with Crippen molar-refractivity contribution in [3.8, 4) is 17.1 Å². The minimum atomic E-state index is -1.90. The number of benzene rings is 1. The fourth-order valence-electron chi connectivity index (χ4n) is 1.84. The van der Waals surface area contributed by atoms with Crippen LogP contribution in [0.5, 0.6) is 5.75 Å². The Hall–Kier alpha value is -1.18. The fraction of sp³-hybridized carbons (Fsp3) is 0.471. The highest BCUT2D eigenvalue weighted by Gasteiger charge is 2.37. The minimum absolute atomic E-state index is 0.102. The molecular formula is C17H23BrFNO3Si. The maximum absolute atomic E-state index is 14.1. The third kappa shape index (κ3) is 3.89. The van der Waals surface area contributed by atoms with Gasteiger partial charge in [0, 0.05) is 0 Å². The summed E-state index contributed by atoms with van der Waals surface area (Å²) in [4.78, 5) is 0. The Morgan fingerprint density at radius 1 is 1.29 bits per heavy atom. The third-order valence-electron chi connectivity index (χ3n) is 4.49. The van der Waals surface area contributed by atoms with Crippen molar-refractivity contribution in [2.75, 3.05) is 7.11 Å². The molecule has 0 saturated carbocycles. The van der Waals surface area contributed by atoms with Gasteiger partial charge in [-0.15, -0.1) is 0 Å². The number of rotatable bonds is 5. The van der Waals surface area contributed by atoms with Crippen molar-refractivity contribution in [2.45, 2.75) is 45.5 Å². The molecule has 2 rings (SSSR count). The van der Waals surface area contributed by atoms with E-state index in [0.717, 1.165) is 0 Å². The van der Waals surface area contributed by atoms with Crippen LogP contribution in [0.15, 0.2) is 27.2 Å². The van der Waals surface area contributed by atoms with Crippen LogP contribution in [0.2, 0.25) is 18.1 Å². The van der Waals surface area contributed by atoms with Crippen LogP contribution >= 0.6 is 15.9 Å². The minimum Gasteiger partial charge on any atom is -0.497 e. The highest BCUT2D eigenvalue weighted by molar-refractivity contribution is 9.10. The Morgan fingerprint density at radius 2 is 1.96 bits per heavy atom. The summed E-state index contributed by atoms with van der Waals surface area (Å²) in [6.45, 7) is 11.2. The number of methoxy groups -OCH3 is 1. The smallest absolute Gasteiger partial charge is 0.192 e. The number of hydrogen-bond donors (Lipinski definition) is 0. The first kappa shape index (κ1) is 19.1. The first-order valence-corrected chi connectivity index (χ1v) is 11.4. The first-order chi connectivity index (χ1) is 11.1. The molecule has 0 fully saturated rings. The average molecular weight is 416 g/mol. The Kier molecular flexibility index (Phi) is 5.56. The zero-order valence-electron chi connectivity index (χ0n) is 14.9. The van der Waals surface area contributed by atoms with E-state index in [2.05, 4.69) is 55.0 Å². The molecule has 0 aliphatic heterocycles. The van der Waals surface area contributed by atoms with Crippen LogP contribution in [0, 0.1) is 5.82 Å². The molecule has 0 spiro atoms. The van der Waals surface area contributed by atoms with Gasteiger partial charge in [0.1, 0.15) is 17.3 Å². The zero-order valence-corrected chi connectivity index (χ0v) is 17.5. The van der Waals surface area contributed by atoms with Gasteiger partial charge in [0.15, 0.2) is 14.1 Å². The number of hydrogen-bond acceptors (Lipinski definition) is 4. The molecule has 1 aromatic carbocycles. The predicted octanol–water partition coefficient (Wildman–Crippen LogP) is 5.77. The topological polar surface area (TPSA) is 44.5 Å². The van der Waals surface area contributed by atoms with E-state index in [1.54, 1.807) is 12.1 Å². The molecule has 1 heterocycles. The molecule has 4 nitrogen and oxygen atoms in total.